The second-order valence-electron chi connectivity index (χ2n) is 8.64. The lowest BCUT2D eigenvalue weighted by molar-refractivity contribution is 0.0968. The van der Waals surface area contributed by atoms with E-state index in [1.165, 1.54) is 28.8 Å². The predicted molar refractivity (Wildman–Crippen MR) is 125 cm³/mol. The molecule has 1 saturated heterocycles. The quantitative estimate of drug-likeness (QED) is 0.497. The van der Waals surface area contributed by atoms with Crippen LogP contribution in [0.4, 0.5) is 4.39 Å². The third-order valence-electron chi connectivity index (χ3n) is 5.81. The summed E-state index contributed by atoms with van der Waals surface area (Å²) >= 11 is 0. The Balaban J connectivity index is 1.36. The van der Waals surface area contributed by atoms with Gasteiger partial charge in [-0.1, -0.05) is 48.5 Å². The van der Waals surface area contributed by atoms with Gasteiger partial charge in [0.05, 0.1) is 0 Å². The highest BCUT2D eigenvalue weighted by Crippen LogP contribution is 2.29. The van der Waals surface area contributed by atoms with E-state index < -0.39 is 0 Å². The molecule has 1 aliphatic heterocycles. The first kappa shape index (κ1) is 21.5. The lowest BCUT2D eigenvalue weighted by atomic mass is 9.99. The van der Waals surface area contributed by atoms with Gasteiger partial charge in [-0.2, -0.15) is 0 Å². The number of hydrogen-bond acceptors (Lipinski definition) is 3. The molecule has 31 heavy (non-hydrogen) atoms. The van der Waals surface area contributed by atoms with E-state index in [1.807, 2.05) is 12.1 Å². The van der Waals surface area contributed by atoms with Crippen LogP contribution < -0.4 is 4.74 Å². The molecule has 0 atom stereocenters. The minimum atomic E-state index is -0.178. The number of halogens is 1. The lowest BCUT2D eigenvalue weighted by Crippen LogP contribution is -2.37. The normalized spacial score (nSPS) is 15.4. The number of piperidine rings is 1. The van der Waals surface area contributed by atoms with Crippen molar-refractivity contribution in [3.05, 3.63) is 89.7 Å². The van der Waals surface area contributed by atoms with Gasteiger partial charge in [-0.25, -0.2) is 4.39 Å². The van der Waals surface area contributed by atoms with E-state index in [-0.39, 0.29) is 11.9 Å². The molecule has 0 bridgehead atoms. The van der Waals surface area contributed by atoms with Crippen molar-refractivity contribution in [3.63, 3.8) is 0 Å². The summed E-state index contributed by atoms with van der Waals surface area (Å²) in [6.07, 6.45) is 2.24. The van der Waals surface area contributed by atoms with Crippen molar-refractivity contribution in [1.29, 1.82) is 0 Å². The third-order valence-corrected chi connectivity index (χ3v) is 5.81. The average molecular weight is 419 g/mol. The number of rotatable bonds is 7. The van der Waals surface area contributed by atoms with Gasteiger partial charge in [-0.3, -0.25) is 4.90 Å². The summed E-state index contributed by atoms with van der Waals surface area (Å²) in [6.45, 7) is 3.76. The summed E-state index contributed by atoms with van der Waals surface area (Å²) in [5.74, 6) is 0.761. The van der Waals surface area contributed by atoms with Crippen molar-refractivity contribution < 1.29 is 9.13 Å². The average Bonchev–Trinajstić information content (AvgIpc) is 2.77. The molecule has 0 aromatic heterocycles. The number of nitrogens with zero attached hydrogens (tertiary/aromatic N) is 2. The Kier molecular flexibility index (Phi) is 7.00. The molecule has 4 rings (SSSR count). The molecule has 0 N–H and O–H groups in total. The number of ether oxygens (including phenoxy) is 1. The Morgan fingerprint density at radius 2 is 1.68 bits per heavy atom. The maximum atomic E-state index is 13.1. The Labute approximate surface area is 185 Å². The monoisotopic (exact) mass is 418 g/mol. The second kappa shape index (κ2) is 10.1. The molecule has 0 aliphatic carbocycles. The van der Waals surface area contributed by atoms with E-state index in [0.717, 1.165) is 50.3 Å². The maximum Gasteiger partial charge on any atom is 0.123 e. The van der Waals surface area contributed by atoms with Crippen LogP contribution in [0.15, 0.2) is 72.8 Å². The minimum absolute atomic E-state index is 0.178. The van der Waals surface area contributed by atoms with Gasteiger partial charge < -0.3 is 9.64 Å². The van der Waals surface area contributed by atoms with E-state index in [0.29, 0.717) is 0 Å². The van der Waals surface area contributed by atoms with Crippen molar-refractivity contribution in [1.82, 2.24) is 9.80 Å². The zero-order valence-electron chi connectivity index (χ0n) is 18.4. The van der Waals surface area contributed by atoms with Crippen LogP contribution >= 0.6 is 0 Å². The molecule has 1 aliphatic rings. The fourth-order valence-electron chi connectivity index (χ4n) is 4.24. The van der Waals surface area contributed by atoms with Crippen molar-refractivity contribution in [3.8, 4) is 16.9 Å². The van der Waals surface area contributed by atoms with Gasteiger partial charge in [0.15, 0.2) is 0 Å². The summed E-state index contributed by atoms with van der Waals surface area (Å²) < 4.78 is 19.5. The first-order valence-electron chi connectivity index (χ1n) is 11.0. The SMILES string of the molecule is CN(C)Cc1ccccc1-c1cccc(OC2CCN(Cc3ccc(F)cc3)CC2)c1. The first-order valence-corrected chi connectivity index (χ1v) is 11.0. The van der Waals surface area contributed by atoms with Gasteiger partial charge in [-0.15, -0.1) is 0 Å². The Hall–Kier alpha value is -2.69. The maximum absolute atomic E-state index is 13.1. The van der Waals surface area contributed by atoms with E-state index in [1.54, 1.807) is 0 Å². The van der Waals surface area contributed by atoms with Crippen molar-refractivity contribution in [2.75, 3.05) is 27.2 Å². The highest BCUT2D eigenvalue weighted by atomic mass is 19.1. The van der Waals surface area contributed by atoms with Gasteiger partial charge >= 0.3 is 0 Å². The molecule has 1 fully saturated rings. The molecule has 0 radical (unpaired) electrons. The van der Waals surface area contributed by atoms with Crippen molar-refractivity contribution in [2.24, 2.45) is 0 Å². The molecule has 0 amide bonds. The van der Waals surface area contributed by atoms with E-state index in [9.17, 15) is 4.39 Å². The van der Waals surface area contributed by atoms with Gasteiger partial charge in [-0.05, 0) is 73.5 Å². The van der Waals surface area contributed by atoms with Crippen LogP contribution in [-0.2, 0) is 13.1 Å². The van der Waals surface area contributed by atoms with Crippen LogP contribution in [-0.4, -0.2) is 43.1 Å². The number of likely N-dealkylation sites (tertiary alicyclic amines) is 1. The first-order chi connectivity index (χ1) is 15.1. The number of benzene rings is 3. The van der Waals surface area contributed by atoms with Crippen molar-refractivity contribution in [2.45, 2.75) is 32.0 Å². The van der Waals surface area contributed by atoms with Gasteiger partial charge in [0.25, 0.3) is 0 Å². The van der Waals surface area contributed by atoms with Crippen LogP contribution in [0.25, 0.3) is 11.1 Å². The van der Waals surface area contributed by atoms with Gasteiger partial charge in [0.2, 0.25) is 0 Å². The Bertz CT molecular complexity index is 979. The van der Waals surface area contributed by atoms with Gasteiger partial charge in [0, 0.05) is 26.2 Å². The highest BCUT2D eigenvalue weighted by Gasteiger charge is 2.21. The second-order valence-corrected chi connectivity index (χ2v) is 8.64. The zero-order valence-corrected chi connectivity index (χ0v) is 18.4. The molecule has 0 unspecified atom stereocenters. The molecule has 4 heteroatoms. The molecule has 1 heterocycles. The molecular weight excluding hydrogens is 387 g/mol. The molecule has 162 valence electrons. The standard InChI is InChI=1S/C27H31FN2O/c1-29(2)20-23-6-3-4-9-27(23)22-7-5-8-26(18-22)31-25-14-16-30(17-15-25)19-21-10-12-24(28)13-11-21/h3-13,18,25H,14-17,19-20H2,1-2H3. The number of hydrogen-bond donors (Lipinski definition) is 0. The van der Waals surface area contributed by atoms with Crippen LogP contribution in [0.3, 0.4) is 0 Å². The largest absolute Gasteiger partial charge is 0.490 e. The summed E-state index contributed by atoms with van der Waals surface area (Å²) in [4.78, 5) is 4.61. The minimum Gasteiger partial charge on any atom is -0.490 e. The molecule has 0 saturated carbocycles. The molecule has 3 aromatic carbocycles. The Morgan fingerprint density at radius 3 is 2.42 bits per heavy atom. The summed E-state index contributed by atoms with van der Waals surface area (Å²) in [6, 6.07) is 23.9. The topological polar surface area (TPSA) is 15.7 Å². The van der Waals surface area contributed by atoms with Gasteiger partial charge in [0.1, 0.15) is 17.7 Å². The molecular formula is C27H31FN2O. The van der Waals surface area contributed by atoms with Crippen LogP contribution in [0.1, 0.15) is 24.0 Å². The predicted octanol–water partition coefficient (Wildman–Crippen LogP) is 5.60. The van der Waals surface area contributed by atoms with Crippen LogP contribution in [0, 0.1) is 5.82 Å². The summed E-state index contributed by atoms with van der Waals surface area (Å²) in [5, 5.41) is 0. The smallest absolute Gasteiger partial charge is 0.123 e. The fraction of sp³-hybridized carbons (Fsp3) is 0.333. The fourth-order valence-corrected chi connectivity index (χ4v) is 4.24. The third kappa shape index (κ3) is 5.93. The molecule has 3 nitrogen and oxygen atoms in total. The van der Waals surface area contributed by atoms with E-state index in [2.05, 4.69) is 72.4 Å². The summed E-state index contributed by atoms with van der Waals surface area (Å²) in [7, 11) is 4.19. The van der Waals surface area contributed by atoms with E-state index in [4.69, 9.17) is 4.74 Å². The zero-order chi connectivity index (χ0) is 21.6. The van der Waals surface area contributed by atoms with Crippen LogP contribution in [0.2, 0.25) is 0 Å². The highest BCUT2D eigenvalue weighted by molar-refractivity contribution is 5.68. The van der Waals surface area contributed by atoms with Crippen molar-refractivity contribution >= 4 is 0 Å². The molecule has 3 aromatic rings. The summed E-state index contributed by atoms with van der Waals surface area (Å²) in [5.41, 5.74) is 4.93. The molecule has 0 spiro atoms. The Morgan fingerprint density at radius 1 is 0.935 bits per heavy atom. The van der Waals surface area contributed by atoms with Crippen LogP contribution in [0.5, 0.6) is 5.75 Å². The van der Waals surface area contributed by atoms with E-state index >= 15 is 0 Å². The lowest BCUT2D eigenvalue weighted by Gasteiger charge is -2.32.